The van der Waals surface area contributed by atoms with E-state index in [1.807, 2.05) is 12.1 Å². The summed E-state index contributed by atoms with van der Waals surface area (Å²) in [6.45, 7) is 11.5. The minimum Gasteiger partial charge on any atom is -0.359 e. The second-order valence-corrected chi connectivity index (χ2v) is 7.20. The van der Waals surface area contributed by atoms with Crippen molar-refractivity contribution in [3.05, 3.63) is 53.4 Å². The normalized spacial score (nSPS) is 12.8. The summed E-state index contributed by atoms with van der Waals surface area (Å²) in [6.07, 6.45) is 0. The van der Waals surface area contributed by atoms with Crippen LogP contribution in [0, 0.1) is 0 Å². The summed E-state index contributed by atoms with van der Waals surface area (Å²) in [4.78, 5) is 6.94. The van der Waals surface area contributed by atoms with Crippen LogP contribution in [0.1, 0.15) is 50.6 Å². The number of likely N-dealkylation sites (N-methyl/N-ethyl adjacent to an activating group) is 1. The van der Waals surface area contributed by atoms with Crippen molar-refractivity contribution in [3.8, 4) is 0 Å². The van der Waals surface area contributed by atoms with Gasteiger partial charge in [0.25, 0.3) is 0 Å². The number of hydrogen-bond acceptors (Lipinski definition) is 4. The lowest BCUT2D eigenvalue weighted by Gasteiger charge is -2.25. The van der Waals surface area contributed by atoms with Crippen LogP contribution in [0.5, 0.6) is 0 Å². The Kier molecular flexibility index (Phi) is 11.1. The first kappa shape index (κ1) is 24.4. The maximum absolute atomic E-state index is 5.36. The predicted octanol–water partition coefficient (Wildman–Crippen LogP) is 3.99. The van der Waals surface area contributed by atoms with Crippen LogP contribution >= 0.6 is 24.0 Å². The number of halogens is 1. The minimum atomic E-state index is 0. The van der Waals surface area contributed by atoms with E-state index in [1.165, 1.54) is 5.56 Å². The monoisotopic (exact) mass is 499 g/mol. The van der Waals surface area contributed by atoms with E-state index >= 15 is 0 Å². The highest BCUT2D eigenvalue weighted by Crippen LogP contribution is 2.14. The van der Waals surface area contributed by atoms with Gasteiger partial charge in [0.1, 0.15) is 6.54 Å². The molecule has 156 valence electrons. The topological polar surface area (TPSA) is 65.7 Å². The molecule has 0 aliphatic carbocycles. The van der Waals surface area contributed by atoms with Gasteiger partial charge in [0.15, 0.2) is 11.7 Å². The van der Waals surface area contributed by atoms with Crippen LogP contribution in [0.3, 0.4) is 0 Å². The van der Waals surface area contributed by atoms with Gasteiger partial charge in [0.2, 0.25) is 0 Å². The van der Waals surface area contributed by atoms with E-state index in [0.717, 1.165) is 37.0 Å². The van der Waals surface area contributed by atoms with Gasteiger partial charge in [0.05, 0.1) is 5.69 Å². The second kappa shape index (κ2) is 12.8. The number of rotatable bonds is 9. The second-order valence-electron chi connectivity index (χ2n) is 7.20. The van der Waals surface area contributed by atoms with Gasteiger partial charge < -0.3 is 15.2 Å². The summed E-state index contributed by atoms with van der Waals surface area (Å²) < 4.78 is 5.36. The highest BCUT2D eigenvalue weighted by atomic mass is 127. The first-order valence-electron chi connectivity index (χ1n) is 9.71. The third kappa shape index (κ3) is 8.18. The largest absolute Gasteiger partial charge is 0.359 e. The number of hydrogen-bond donors (Lipinski definition) is 2. The van der Waals surface area contributed by atoms with E-state index in [-0.39, 0.29) is 24.0 Å². The molecule has 0 saturated heterocycles. The molecule has 1 unspecified atom stereocenters. The van der Waals surface area contributed by atoms with Crippen LogP contribution in [0.15, 0.2) is 45.9 Å². The number of nitrogens with zero attached hydrogens (tertiary/aromatic N) is 3. The summed E-state index contributed by atoms with van der Waals surface area (Å²) >= 11 is 0. The maximum atomic E-state index is 5.36. The lowest BCUT2D eigenvalue weighted by atomic mass is 10.1. The maximum Gasteiger partial charge on any atom is 0.191 e. The summed E-state index contributed by atoms with van der Waals surface area (Å²) in [7, 11) is 2.14. The van der Waals surface area contributed by atoms with Crippen LogP contribution in [-0.2, 0) is 13.1 Å². The smallest absolute Gasteiger partial charge is 0.191 e. The fourth-order valence-electron chi connectivity index (χ4n) is 2.60. The third-order valence-corrected chi connectivity index (χ3v) is 4.50. The molecule has 28 heavy (non-hydrogen) atoms. The Morgan fingerprint density at radius 3 is 2.50 bits per heavy atom. The average Bonchev–Trinajstić information content (AvgIpc) is 3.14. The molecule has 1 heterocycles. The summed E-state index contributed by atoms with van der Waals surface area (Å²) in [6, 6.07) is 12.9. The molecule has 0 spiro atoms. The number of aromatic nitrogens is 1. The van der Waals surface area contributed by atoms with E-state index in [4.69, 9.17) is 4.52 Å². The zero-order chi connectivity index (χ0) is 19.6. The van der Waals surface area contributed by atoms with E-state index in [9.17, 15) is 0 Å². The van der Waals surface area contributed by atoms with Crippen LogP contribution < -0.4 is 10.6 Å². The molecule has 0 bridgehead atoms. The van der Waals surface area contributed by atoms with Crippen molar-refractivity contribution in [2.24, 2.45) is 4.99 Å². The van der Waals surface area contributed by atoms with Gasteiger partial charge in [-0.05, 0) is 32.4 Å². The molecule has 0 radical (unpaired) electrons. The van der Waals surface area contributed by atoms with Crippen LogP contribution in [0.4, 0.5) is 0 Å². The molecule has 2 aromatic rings. The molecule has 0 aliphatic rings. The Morgan fingerprint density at radius 1 is 1.18 bits per heavy atom. The van der Waals surface area contributed by atoms with Gasteiger partial charge in [0, 0.05) is 31.7 Å². The van der Waals surface area contributed by atoms with Crippen molar-refractivity contribution in [3.63, 3.8) is 0 Å². The Balaban J connectivity index is 0.00000392. The fourth-order valence-corrected chi connectivity index (χ4v) is 2.60. The molecule has 0 aliphatic heterocycles. The Bertz CT molecular complexity index is 702. The van der Waals surface area contributed by atoms with E-state index < -0.39 is 0 Å². The zero-order valence-electron chi connectivity index (χ0n) is 17.6. The number of aliphatic imine (C=N–C) groups is 1. The fraction of sp³-hybridized carbons (Fsp3) is 0.524. The predicted molar refractivity (Wildman–Crippen MR) is 126 cm³/mol. The lowest BCUT2D eigenvalue weighted by Crippen LogP contribution is -2.44. The Morgan fingerprint density at radius 2 is 1.89 bits per heavy atom. The van der Waals surface area contributed by atoms with Crippen molar-refractivity contribution >= 4 is 29.9 Å². The molecule has 7 heteroatoms. The van der Waals surface area contributed by atoms with Gasteiger partial charge in [-0.25, -0.2) is 4.99 Å². The first-order chi connectivity index (χ1) is 13.0. The van der Waals surface area contributed by atoms with E-state index in [2.05, 4.69) is 84.7 Å². The molecule has 0 fully saturated rings. The summed E-state index contributed by atoms with van der Waals surface area (Å²) in [5.41, 5.74) is 2.29. The molecule has 0 amide bonds. The van der Waals surface area contributed by atoms with Crippen LogP contribution in [-0.4, -0.2) is 42.2 Å². The summed E-state index contributed by atoms with van der Waals surface area (Å²) in [5.74, 6) is 1.93. The number of guanidine groups is 1. The van der Waals surface area contributed by atoms with Gasteiger partial charge in [-0.15, -0.1) is 24.0 Å². The highest BCUT2D eigenvalue weighted by Gasteiger charge is 2.11. The zero-order valence-corrected chi connectivity index (χ0v) is 19.9. The SMILES string of the molecule is CCNC(=NCc1cc(C(C)C)no1)NCC(C)N(C)Cc1ccccc1.I. The molecule has 1 aromatic carbocycles. The van der Waals surface area contributed by atoms with Crippen molar-refractivity contribution in [1.29, 1.82) is 0 Å². The van der Waals surface area contributed by atoms with Gasteiger partial charge in [-0.1, -0.05) is 49.3 Å². The number of benzene rings is 1. The van der Waals surface area contributed by atoms with Crippen molar-refractivity contribution in [2.75, 3.05) is 20.1 Å². The van der Waals surface area contributed by atoms with Gasteiger partial charge in [-0.2, -0.15) is 0 Å². The van der Waals surface area contributed by atoms with E-state index in [1.54, 1.807) is 0 Å². The Labute approximate surface area is 186 Å². The molecule has 0 saturated carbocycles. The molecule has 1 atom stereocenters. The lowest BCUT2D eigenvalue weighted by molar-refractivity contribution is 0.249. The molecule has 1 aromatic heterocycles. The van der Waals surface area contributed by atoms with Crippen LogP contribution in [0.2, 0.25) is 0 Å². The quantitative estimate of drug-likeness (QED) is 0.310. The molecule has 2 N–H and O–H groups in total. The van der Waals surface area contributed by atoms with Crippen molar-refractivity contribution in [1.82, 2.24) is 20.7 Å². The minimum absolute atomic E-state index is 0. The Hall–Kier alpha value is -1.61. The van der Waals surface area contributed by atoms with Crippen molar-refractivity contribution < 1.29 is 4.52 Å². The molecular formula is C21H34IN5O. The first-order valence-corrected chi connectivity index (χ1v) is 9.71. The standard InChI is InChI=1S/C21H33N5O.HI/c1-6-22-21(24-14-19-12-20(16(2)3)25-27-19)23-13-17(4)26(5)15-18-10-8-7-9-11-18;/h7-12,16-17H,6,13-15H2,1-5H3,(H2,22,23,24);1H. The number of nitrogens with one attached hydrogen (secondary N) is 2. The molecule has 6 nitrogen and oxygen atoms in total. The average molecular weight is 499 g/mol. The molecular weight excluding hydrogens is 465 g/mol. The molecule has 2 rings (SSSR count). The van der Waals surface area contributed by atoms with E-state index in [0.29, 0.717) is 18.5 Å². The highest BCUT2D eigenvalue weighted by molar-refractivity contribution is 14.0. The van der Waals surface area contributed by atoms with Gasteiger partial charge in [-0.3, -0.25) is 4.90 Å². The van der Waals surface area contributed by atoms with Gasteiger partial charge >= 0.3 is 0 Å². The van der Waals surface area contributed by atoms with Crippen molar-refractivity contribution in [2.45, 2.75) is 52.7 Å². The van der Waals surface area contributed by atoms with Crippen LogP contribution in [0.25, 0.3) is 0 Å². The summed E-state index contributed by atoms with van der Waals surface area (Å²) in [5, 5.41) is 10.8. The third-order valence-electron chi connectivity index (χ3n) is 4.50.